The Morgan fingerprint density at radius 1 is 1.03 bits per heavy atom. The van der Waals surface area contributed by atoms with Gasteiger partial charge in [-0.3, -0.25) is 9.59 Å². The number of hydrogen-bond acceptors (Lipinski definition) is 6. The zero-order valence-corrected chi connectivity index (χ0v) is 17.8. The molecular formula is C25H21NO7. The first-order valence-electron chi connectivity index (χ1n) is 10.3. The van der Waals surface area contributed by atoms with E-state index in [4.69, 9.17) is 14.3 Å². The quantitative estimate of drug-likeness (QED) is 0.267. The summed E-state index contributed by atoms with van der Waals surface area (Å²) >= 11 is 0. The molecule has 0 spiro atoms. The number of carboxylic acid groups (broad SMARTS) is 1. The normalized spacial score (nSPS) is 10.9. The lowest BCUT2D eigenvalue weighted by molar-refractivity contribution is -0.137. The van der Waals surface area contributed by atoms with E-state index in [0.717, 1.165) is 5.56 Å². The molecule has 0 aliphatic rings. The molecule has 168 valence electrons. The van der Waals surface area contributed by atoms with Crippen molar-refractivity contribution in [2.24, 2.45) is 0 Å². The summed E-state index contributed by atoms with van der Waals surface area (Å²) in [5, 5.41) is 20.4. The lowest BCUT2D eigenvalue weighted by Gasteiger charge is -2.03. The number of carbonyl (C=O) groups excluding carboxylic acids is 2. The summed E-state index contributed by atoms with van der Waals surface area (Å²) in [4.78, 5) is 39.5. The molecule has 0 unspecified atom stereocenters. The molecule has 0 saturated heterocycles. The predicted octanol–water partition coefficient (Wildman–Crippen LogP) is 4.56. The van der Waals surface area contributed by atoms with Crippen molar-refractivity contribution in [2.75, 3.05) is 7.11 Å². The van der Waals surface area contributed by atoms with Crippen LogP contribution in [0, 0.1) is 0 Å². The minimum Gasteiger partial charge on any atom is -0.504 e. The van der Waals surface area contributed by atoms with Gasteiger partial charge < -0.3 is 24.4 Å². The van der Waals surface area contributed by atoms with Gasteiger partial charge in [0.2, 0.25) is 17.3 Å². The van der Waals surface area contributed by atoms with Crippen molar-refractivity contribution in [2.45, 2.75) is 19.3 Å². The number of carbonyl (C=O) groups is 3. The molecule has 8 heteroatoms. The molecule has 0 fully saturated rings. The van der Waals surface area contributed by atoms with Gasteiger partial charge in [0.05, 0.1) is 18.2 Å². The number of benzene rings is 2. The molecule has 2 heterocycles. The first-order chi connectivity index (χ1) is 15.9. The van der Waals surface area contributed by atoms with E-state index in [0.29, 0.717) is 29.3 Å². The monoisotopic (exact) mass is 447 g/mol. The minimum atomic E-state index is -0.867. The van der Waals surface area contributed by atoms with Gasteiger partial charge in [-0.2, -0.15) is 0 Å². The zero-order chi connectivity index (χ0) is 23.5. The summed E-state index contributed by atoms with van der Waals surface area (Å²) in [6.07, 6.45) is 2.53. The van der Waals surface area contributed by atoms with Crippen LogP contribution in [0.1, 0.15) is 45.1 Å². The van der Waals surface area contributed by atoms with Gasteiger partial charge >= 0.3 is 11.9 Å². The van der Waals surface area contributed by atoms with Crippen molar-refractivity contribution in [3.8, 4) is 16.9 Å². The second-order valence-electron chi connectivity index (χ2n) is 7.46. The smallest absolute Gasteiger partial charge is 0.374 e. The Balaban J connectivity index is 1.76. The fraction of sp³-hybridized carbons (Fsp3) is 0.160. The fourth-order valence-electron chi connectivity index (χ4n) is 3.85. The summed E-state index contributed by atoms with van der Waals surface area (Å²) in [6.45, 7) is 0. The summed E-state index contributed by atoms with van der Waals surface area (Å²) < 4.78 is 10.3. The van der Waals surface area contributed by atoms with Gasteiger partial charge in [-0.15, -0.1) is 0 Å². The lowest BCUT2D eigenvalue weighted by Crippen LogP contribution is -2.02. The maximum atomic E-state index is 13.4. The van der Waals surface area contributed by atoms with Gasteiger partial charge in [0, 0.05) is 23.5 Å². The van der Waals surface area contributed by atoms with Crippen molar-refractivity contribution in [1.82, 2.24) is 4.98 Å². The van der Waals surface area contributed by atoms with Crippen LogP contribution >= 0.6 is 0 Å². The number of carboxylic acids is 1. The molecular weight excluding hydrogens is 426 g/mol. The lowest BCUT2D eigenvalue weighted by atomic mass is 10.0. The van der Waals surface area contributed by atoms with E-state index in [2.05, 4.69) is 4.98 Å². The Labute approximate surface area is 188 Å². The number of furan rings is 1. The number of aromatic nitrogens is 1. The molecule has 0 radical (unpaired) electrons. The summed E-state index contributed by atoms with van der Waals surface area (Å²) in [7, 11) is 1.18. The van der Waals surface area contributed by atoms with E-state index in [9.17, 15) is 19.5 Å². The SMILES string of the molecule is COC(=O)c1oc(C(=O)c2c[nH]c3c(CCCC(=O)O)cccc23)c(O)c1-c1ccccc1. The van der Waals surface area contributed by atoms with Crippen LogP contribution in [0.2, 0.25) is 0 Å². The van der Waals surface area contributed by atoms with Crippen LogP contribution in [0.5, 0.6) is 5.75 Å². The maximum Gasteiger partial charge on any atom is 0.374 e. The molecule has 3 N–H and O–H groups in total. The van der Waals surface area contributed by atoms with Crippen LogP contribution in [-0.2, 0) is 16.0 Å². The molecule has 0 saturated carbocycles. The molecule has 0 bridgehead atoms. The van der Waals surface area contributed by atoms with Crippen LogP contribution in [-0.4, -0.2) is 40.0 Å². The highest BCUT2D eigenvalue weighted by atomic mass is 16.5. The number of aryl methyl sites for hydroxylation is 1. The van der Waals surface area contributed by atoms with Gasteiger partial charge in [0.25, 0.3) is 0 Å². The molecule has 4 aromatic rings. The van der Waals surface area contributed by atoms with Crippen LogP contribution in [0.25, 0.3) is 22.0 Å². The number of aliphatic carboxylic acids is 1. The number of fused-ring (bicyclic) bond motifs is 1. The standard InChI is InChI=1S/C25H21NO7/c1-32-25(31)23-19(14-7-3-2-4-8-14)22(30)24(33-23)21(29)17-13-26-20-15(9-5-11-16(17)20)10-6-12-18(27)28/h2-5,7-9,11,13,26,30H,6,10,12H2,1H3,(H,27,28). The Morgan fingerprint density at radius 3 is 2.48 bits per heavy atom. The van der Waals surface area contributed by atoms with Crippen LogP contribution < -0.4 is 0 Å². The van der Waals surface area contributed by atoms with Crippen molar-refractivity contribution in [1.29, 1.82) is 0 Å². The second kappa shape index (κ2) is 9.04. The number of aromatic amines is 1. The molecule has 2 aromatic carbocycles. The maximum absolute atomic E-state index is 13.4. The van der Waals surface area contributed by atoms with Crippen molar-refractivity contribution in [3.05, 3.63) is 77.4 Å². The average molecular weight is 447 g/mol. The van der Waals surface area contributed by atoms with E-state index >= 15 is 0 Å². The first kappa shape index (κ1) is 21.9. The third-order valence-corrected chi connectivity index (χ3v) is 5.41. The summed E-state index contributed by atoms with van der Waals surface area (Å²) in [5.41, 5.74) is 2.41. The third kappa shape index (κ3) is 4.10. The number of methoxy groups -OCH3 is 1. The average Bonchev–Trinajstić information content (AvgIpc) is 3.40. The minimum absolute atomic E-state index is 0.0434. The van der Waals surface area contributed by atoms with Gasteiger partial charge in [0.1, 0.15) is 0 Å². The fourth-order valence-corrected chi connectivity index (χ4v) is 3.85. The summed E-state index contributed by atoms with van der Waals surface area (Å²) in [5.74, 6) is -3.37. The van der Waals surface area contributed by atoms with Crippen molar-refractivity contribution in [3.63, 3.8) is 0 Å². The van der Waals surface area contributed by atoms with Gasteiger partial charge in [-0.05, 0) is 24.0 Å². The summed E-state index contributed by atoms with van der Waals surface area (Å²) in [6, 6.07) is 14.0. The molecule has 4 rings (SSSR count). The highest BCUT2D eigenvalue weighted by Crippen LogP contribution is 2.40. The number of hydrogen-bond donors (Lipinski definition) is 3. The second-order valence-corrected chi connectivity index (χ2v) is 7.46. The number of H-pyrrole nitrogens is 1. The van der Waals surface area contributed by atoms with E-state index < -0.39 is 23.5 Å². The number of nitrogens with one attached hydrogen (secondary N) is 1. The third-order valence-electron chi connectivity index (χ3n) is 5.41. The van der Waals surface area contributed by atoms with Crippen molar-refractivity contribution < 1.29 is 33.8 Å². The molecule has 8 nitrogen and oxygen atoms in total. The molecule has 0 atom stereocenters. The first-order valence-corrected chi connectivity index (χ1v) is 10.3. The number of ether oxygens (including phenoxy) is 1. The number of para-hydroxylation sites is 1. The van der Waals surface area contributed by atoms with Crippen molar-refractivity contribution >= 4 is 28.6 Å². The number of esters is 1. The largest absolute Gasteiger partial charge is 0.504 e. The number of aromatic hydroxyl groups is 1. The Morgan fingerprint density at radius 2 is 1.79 bits per heavy atom. The Kier molecular flexibility index (Phi) is 5.99. The molecule has 33 heavy (non-hydrogen) atoms. The predicted molar refractivity (Wildman–Crippen MR) is 119 cm³/mol. The van der Waals surface area contributed by atoms with Crippen LogP contribution in [0.3, 0.4) is 0 Å². The number of ketones is 1. The zero-order valence-electron chi connectivity index (χ0n) is 17.8. The van der Waals surface area contributed by atoms with Crippen LogP contribution in [0.15, 0.2) is 59.1 Å². The highest BCUT2D eigenvalue weighted by Gasteiger charge is 2.31. The topological polar surface area (TPSA) is 130 Å². The Hall–Kier alpha value is -4.33. The van der Waals surface area contributed by atoms with Crippen LogP contribution in [0.4, 0.5) is 0 Å². The molecule has 0 amide bonds. The van der Waals surface area contributed by atoms with E-state index in [1.54, 1.807) is 42.5 Å². The van der Waals surface area contributed by atoms with Gasteiger partial charge in [-0.25, -0.2) is 4.79 Å². The highest BCUT2D eigenvalue weighted by molar-refractivity contribution is 6.18. The van der Waals surface area contributed by atoms with Gasteiger partial charge in [0.15, 0.2) is 5.75 Å². The molecule has 2 aromatic heterocycles. The van der Waals surface area contributed by atoms with E-state index in [-0.39, 0.29) is 29.1 Å². The Bertz CT molecular complexity index is 1350. The van der Waals surface area contributed by atoms with E-state index in [1.165, 1.54) is 13.3 Å². The number of rotatable bonds is 8. The van der Waals surface area contributed by atoms with Gasteiger partial charge in [-0.1, -0.05) is 48.5 Å². The van der Waals surface area contributed by atoms with E-state index in [1.807, 2.05) is 6.07 Å². The molecule has 0 aliphatic heterocycles. The molecule has 0 aliphatic carbocycles.